The number of Topliss-reactive ketones (excluding diaryl/α,β-unsaturated/α-hetero) is 1. The van der Waals surface area contributed by atoms with Gasteiger partial charge in [0.1, 0.15) is 23.4 Å². The fraction of sp³-hybridized carbons (Fsp3) is 0.659. The highest BCUT2D eigenvalue weighted by atomic mass is 16.5. The van der Waals surface area contributed by atoms with Crippen LogP contribution >= 0.6 is 0 Å². The molecule has 0 aliphatic heterocycles. The van der Waals surface area contributed by atoms with Crippen molar-refractivity contribution in [2.45, 2.75) is 123 Å². The number of esters is 2. The number of hydrogen-bond acceptors (Lipinski definition) is 11. The summed E-state index contributed by atoms with van der Waals surface area (Å²) in [5, 5.41) is 38.5. The number of ketones is 2. The molecule has 4 aliphatic rings. The number of phenols is 1. The van der Waals surface area contributed by atoms with Crippen molar-refractivity contribution in [2.75, 3.05) is 13.2 Å². The zero-order chi connectivity index (χ0) is 39.6. The quantitative estimate of drug-likeness (QED) is 0.175. The number of aliphatic hydroxyl groups excluding tert-OH is 1. The number of aromatic hydroxyl groups is 1. The molecule has 0 heterocycles. The minimum atomic E-state index is -1.80. The highest BCUT2D eigenvalue weighted by molar-refractivity contribution is 5.93. The lowest BCUT2D eigenvalue weighted by molar-refractivity contribution is -0.184. The van der Waals surface area contributed by atoms with Crippen LogP contribution in [0, 0.1) is 34.5 Å². The maximum absolute atomic E-state index is 13.6. The number of amides is 2. The number of rotatable bonds is 14. The third-order valence-corrected chi connectivity index (χ3v) is 13.0. The zero-order valence-electron chi connectivity index (χ0n) is 32.0. The lowest BCUT2D eigenvalue weighted by atomic mass is 9.45. The summed E-state index contributed by atoms with van der Waals surface area (Å²) in [5.41, 5.74) is -1.27. The van der Waals surface area contributed by atoms with E-state index in [1.165, 1.54) is 12.1 Å². The molecule has 1 aromatic rings. The molecular weight excluding hydrogens is 696 g/mol. The maximum atomic E-state index is 13.6. The van der Waals surface area contributed by atoms with E-state index in [4.69, 9.17) is 9.47 Å². The Hall–Kier alpha value is -4.10. The largest absolute Gasteiger partial charge is 0.508 e. The monoisotopic (exact) mass is 752 g/mol. The van der Waals surface area contributed by atoms with Gasteiger partial charge >= 0.3 is 11.9 Å². The van der Waals surface area contributed by atoms with E-state index in [1.807, 2.05) is 6.92 Å². The molecular formula is C41H56N2O11. The van der Waals surface area contributed by atoms with Crippen molar-refractivity contribution in [2.24, 2.45) is 34.5 Å². The highest BCUT2D eigenvalue weighted by Crippen LogP contribution is 2.67. The summed E-state index contributed by atoms with van der Waals surface area (Å²) in [5.74, 6) is -3.58. The van der Waals surface area contributed by atoms with Crippen molar-refractivity contribution in [3.8, 4) is 5.75 Å². The molecule has 13 nitrogen and oxygen atoms in total. The van der Waals surface area contributed by atoms with Crippen molar-refractivity contribution in [3.05, 3.63) is 41.5 Å². The molecule has 0 saturated heterocycles. The zero-order valence-corrected chi connectivity index (χ0v) is 32.0. The standard InChI is InChI=1S/C41H56N2O11/c1-6-53-38(51)30(19-24-7-10-26(44)11-8-24)42-37(50)36(23(2)3)43-33(48)13-14-34(49)54-22-32(47)41(52)18-16-29-28-12-9-25-20-27(45)15-17-39(25,4)35(28)31(46)21-40(29,41)5/h7-8,10-11,20,23,28-31,35-36,44,46,52H,6,9,12-19,21-22H2,1-5H3,(H,42,50)(H,43,48)/t28-,29+,30-,31+,35+,36+,39-,40-,41-/m0/s1. The third-order valence-electron chi connectivity index (χ3n) is 13.0. The van der Waals surface area contributed by atoms with Gasteiger partial charge in [-0.2, -0.15) is 0 Å². The lowest BCUT2D eigenvalue weighted by Crippen LogP contribution is -2.62. The minimum absolute atomic E-state index is 0.0262. The Morgan fingerprint density at radius 1 is 0.963 bits per heavy atom. The molecule has 1 aromatic carbocycles. The Kier molecular flexibility index (Phi) is 12.4. The molecule has 9 atom stereocenters. The molecule has 0 radical (unpaired) electrons. The van der Waals surface area contributed by atoms with Gasteiger partial charge in [0.15, 0.2) is 12.4 Å². The number of phenolic OH excluding ortho intramolecular Hbond substituents is 1. The maximum Gasteiger partial charge on any atom is 0.328 e. The Labute approximate surface area is 316 Å². The molecule has 0 bridgehead atoms. The van der Waals surface area contributed by atoms with E-state index in [0.717, 1.165) is 18.4 Å². The average molecular weight is 753 g/mol. The number of carbonyl (C=O) groups is 6. The summed E-state index contributed by atoms with van der Waals surface area (Å²) >= 11 is 0. The van der Waals surface area contributed by atoms with Gasteiger partial charge in [-0.3, -0.25) is 24.0 Å². The first-order valence-corrected chi connectivity index (χ1v) is 19.3. The number of ether oxygens (including phenoxy) is 2. The fourth-order valence-electron chi connectivity index (χ4n) is 10.0. The van der Waals surface area contributed by atoms with E-state index < -0.39 is 65.3 Å². The van der Waals surface area contributed by atoms with E-state index in [-0.39, 0.29) is 79.3 Å². The van der Waals surface area contributed by atoms with Crippen molar-refractivity contribution >= 4 is 35.3 Å². The van der Waals surface area contributed by atoms with Crippen LogP contribution in [0.2, 0.25) is 0 Å². The number of hydrogen-bond donors (Lipinski definition) is 5. The van der Waals surface area contributed by atoms with Gasteiger partial charge in [0.25, 0.3) is 0 Å². The van der Waals surface area contributed by atoms with Crippen LogP contribution in [0.25, 0.3) is 0 Å². The van der Waals surface area contributed by atoms with Crippen LogP contribution in [0.15, 0.2) is 35.9 Å². The number of benzene rings is 1. The molecule has 3 fully saturated rings. The molecule has 296 valence electrons. The number of aliphatic hydroxyl groups is 2. The number of allylic oxidation sites excluding steroid dienone is 1. The summed E-state index contributed by atoms with van der Waals surface area (Å²) in [4.78, 5) is 77.5. The second-order valence-corrected chi connectivity index (χ2v) is 16.5. The van der Waals surface area contributed by atoms with Crippen LogP contribution in [0.4, 0.5) is 0 Å². The molecule has 3 saturated carbocycles. The topological polar surface area (TPSA) is 206 Å². The first kappa shape index (κ1) is 41.1. The van der Waals surface area contributed by atoms with E-state index in [0.29, 0.717) is 24.8 Å². The van der Waals surface area contributed by atoms with Crippen molar-refractivity contribution in [3.63, 3.8) is 0 Å². The van der Waals surface area contributed by atoms with Crippen LogP contribution in [0.3, 0.4) is 0 Å². The van der Waals surface area contributed by atoms with Gasteiger partial charge in [0.2, 0.25) is 17.6 Å². The van der Waals surface area contributed by atoms with E-state index in [9.17, 15) is 44.1 Å². The van der Waals surface area contributed by atoms with E-state index >= 15 is 0 Å². The summed E-state index contributed by atoms with van der Waals surface area (Å²) < 4.78 is 10.4. The summed E-state index contributed by atoms with van der Waals surface area (Å²) in [6, 6.07) is 4.06. The van der Waals surface area contributed by atoms with Gasteiger partial charge in [-0.05, 0) is 98.3 Å². The Morgan fingerprint density at radius 2 is 1.67 bits per heavy atom. The molecule has 4 aliphatic carbocycles. The Bertz CT molecular complexity index is 1660. The smallest absolute Gasteiger partial charge is 0.328 e. The second kappa shape index (κ2) is 16.3. The predicted octanol–water partition coefficient (Wildman–Crippen LogP) is 3.25. The minimum Gasteiger partial charge on any atom is -0.508 e. The number of carbonyl (C=O) groups excluding carboxylic acids is 6. The number of nitrogens with one attached hydrogen (secondary N) is 2. The van der Waals surface area contributed by atoms with Crippen molar-refractivity contribution in [1.82, 2.24) is 10.6 Å². The third kappa shape index (κ3) is 8.12. The molecule has 2 amide bonds. The van der Waals surface area contributed by atoms with E-state index in [1.54, 1.807) is 39.0 Å². The lowest BCUT2D eigenvalue weighted by Gasteiger charge is -2.60. The molecule has 5 N–H and O–H groups in total. The molecule has 0 aromatic heterocycles. The van der Waals surface area contributed by atoms with Gasteiger partial charge in [-0.15, -0.1) is 0 Å². The van der Waals surface area contributed by atoms with Crippen LogP contribution in [-0.4, -0.2) is 87.6 Å². The summed E-state index contributed by atoms with van der Waals surface area (Å²) in [7, 11) is 0. The van der Waals surface area contributed by atoms with Crippen LogP contribution in [0.1, 0.15) is 98.0 Å². The Morgan fingerprint density at radius 3 is 2.33 bits per heavy atom. The van der Waals surface area contributed by atoms with E-state index in [2.05, 4.69) is 17.6 Å². The summed E-state index contributed by atoms with van der Waals surface area (Å²) in [6.45, 7) is 8.49. The van der Waals surface area contributed by atoms with Gasteiger partial charge in [-0.1, -0.05) is 45.4 Å². The van der Waals surface area contributed by atoms with Crippen LogP contribution in [-0.2, 0) is 44.7 Å². The average Bonchev–Trinajstić information content (AvgIpc) is 3.39. The first-order chi connectivity index (χ1) is 25.4. The Balaban J connectivity index is 1.14. The highest BCUT2D eigenvalue weighted by Gasteiger charge is 2.68. The van der Waals surface area contributed by atoms with Gasteiger partial charge in [0.05, 0.1) is 19.1 Å². The summed E-state index contributed by atoms with van der Waals surface area (Å²) in [6.07, 6.45) is 4.00. The van der Waals surface area contributed by atoms with Gasteiger partial charge in [0, 0.05) is 24.7 Å². The van der Waals surface area contributed by atoms with Gasteiger partial charge < -0.3 is 35.4 Å². The molecule has 0 spiro atoms. The molecule has 0 unspecified atom stereocenters. The SMILES string of the molecule is CCOC(=O)[C@H](Cc1ccc(O)cc1)NC(=O)[C@H](NC(=O)CCC(=O)OCC(=O)[C@@]1(O)CC[C@@H]2[C@@H]3CCC4=CC(=O)CC[C@]4(C)[C@H]3[C@H](O)C[C@@]21C)C(C)C. The molecule has 5 rings (SSSR count). The van der Waals surface area contributed by atoms with Crippen LogP contribution in [0.5, 0.6) is 5.75 Å². The first-order valence-electron chi connectivity index (χ1n) is 19.3. The molecule has 13 heteroatoms. The second-order valence-electron chi connectivity index (χ2n) is 16.5. The van der Waals surface area contributed by atoms with Gasteiger partial charge in [-0.25, -0.2) is 4.79 Å². The van der Waals surface area contributed by atoms with Crippen molar-refractivity contribution < 1.29 is 53.6 Å². The fourth-order valence-corrected chi connectivity index (χ4v) is 10.0. The molecule has 54 heavy (non-hydrogen) atoms. The normalized spacial score (nSPS) is 31.2. The predicted molar refractivity (Wildman–Crippen MR) is 195 cm³/mol. The number of fused-ring (bicyclic) bond motifs is 5. The van der Waals surface area contributed by atoms with Crippen LogP contribution < -0.4 is 10.6 Å². The van der Waals surface area contributed by atoms with Crippen molar-refractivity contribution in [1.29, 1.82) is 0 Å².